The number of nitrogens with zero attached hydrogens (tertiary/aromatic N) is 3. The highest BCUT2D eigenvalue weighted by atomic mass is 35.5. The Bertz CT molecular complexity index is 488. The molecule has 1 saturated heterocycles. The molecule has 3 rings (SSSR count). The van der Waals surface area contributed by atoms with Crippen LogP contribution in [0.3, 0.4) is 0 Å². The maximum absolute atomic E-state index is 6.30. The van der Waals surface area contributed by atoms with Gasteiger partial charge in [0.05, 0.1) is 6.10 Å². The van der Waals surface area contributed by atoms with Crippen LogP contribution in [0.5, 0.6) is 0 Å². The molecule has 0 aromatic carbocycles. The summed E-state index contributed by atoms with van der Waals surface area (Å²) in [7, 11) is 0. The van der Waals surface area contributed by atoms with Gasteiger partial charge in [-0.3, -0.25) is 0 Å². The van der Waals surface area contributed by atoms with Crippen molar-refractivity contribution in [2.45, 2.75) is 51.6 Å². The van der Waals surface area contributed by atoms with E-state index in [0.717, 1.165) is 49.7 Å². The molecule has 0 bridgehead atoms. The number of hydrogen-bond donors (Lipinski definition) is 0. The predicted octanol–water partition coefficient (Wildman–Crippen LogP) is 3.32. The Morgan fingerprint density at radius 1 is 1.30 bits per heavy atom. The van der Waals surface area contributed by atoms with Gasteiger partial charge < -0.3 is 9.64 Å². The largest absolute Gasteiger partial charge is 0.377 e. The lowest BCUT2D eigenvalue weighted by atomic mass is 10.1. The second-order valence-corrected chi connectivity index (χ2v) is 6.12. The molecular formula is C15H22ClN3O. The Morgan fingerprint density at radius 2 is 2.10 bits per heavy atom. The lowest BCUT2D eigenvalue weighted by molar-refractivity contribution is 0.0525. The monoisotopic (exact) mass is 295 g/mol. The molecule has 1 unspecified atom stereocenters. The van der Waals surface area contributed by atoms with E-state index in [-0.39, 0.29) is 0 Å². The SMILES string of the molecule is CCOC1CCCN(c2nc(C3CC3)nc(Cl)c2C)C1. The zero-order valence-electron chi connectivity index (χ0n) is 12.2. The molecule has 1 atom stereocenters. The summed E-state index contributed by atoms with van der Waals surface area (Å²) in [5, 5.41) is 0.607. The molecule has 0 spiro atoms. The molecule has 1 saturated carbocycles. The van der Waals surface area contributed by atoms with Crippen LogP contribution in [-0.2, 0) is 4.74 Å². The number of halogens is 1. The summed E-state index contributed by atoms with van der Waals surface area (Å²) in [6, 6.07) is 0. The van der Waals surface area contributed by atoms with Crippen molar-refractivity contribution in [3.05, 3.63) is 16.5 Å². The number of rotatable bonds is 4. The molecule has 0 N–H and O–H groups in total. The van der Waals surface area contributed by atoms with Crippen LogP contribution >= 0.6 is 11.6 Å². The maximum Gasteiger partial charge on any atom is 0.137 e. The Morgan fingerprint density at radius 3 is 2.80 bits per heavy atom. The predicted molar refractivity (Wildman–Crippen MR) is 80.6 cm³/mol. The van der Waals surface area contributed by atoms with Crippen molar-refractivity contribution in [3.63, 3.8) is 0 Å². The van der Waals surface area contributed by atoms with Crippen molar-refractivity contribution in [1.82, 2.24) is 9.97 Å². The zero-order valence-corrected chi connectivity index (χ0v) is 13.0. The average Bonchev–Trinajstić information content (AvgIpc) is 3.27. The van der Waals surface area contributed by atoms with Crippen molar-refractivity contribution in [2.24, 2.45) is 0 Å². The minimum Gasteiger partial charge on any atom is -0.377 e. The molecule has 4 nitrogen and oxygen atoms in total. The van der Waals surface area contributed by atoms with Gasteiger partial charge in [0.1, 0.15) is 16.8 Å². The molecule has 110 valence electrons. The molecule has 1 aromatic heterocycles. The van der Waals surface area contributed by atoms with E-state index >= 15 is 0 Å². The minimum absolute atomic E-state index is 0.311. The second-order valence-electron chi connectivity index (χ2n) is 5.76. The third kappa shape index (κ3) is 2.91. The van der Waals surface area contributed by atoms with Crippen LogP contribution in [0.4, 0.5) is 5.82 Å². The van der Waals surface area contributed by atoms with Gasteiger partial charge in [-0.1, -0.05) is 11.6 Å². The third-order valence-corrected chi connectivity index (χ3v) is 4.47. The zero-order chi connectivity index (χ0) is 14.1. The van der Waals surface area contributed by atoms with Crippen molar-refractivity contribution < 1.29 is 4.74 Å². The van der Waals surface area contributed by atoms with Gasteiger partial charge in [-0.15, -0.1) is 0 Å². The van der Waals surface area contributed by atoms with Gasteiger partial charge in [0.15, 0.2) is 0 Å². The molecule has 2 heterocycles. The van der Waals surface area contributed by atoms with E-state index in [2.05, 4.69) is 16.8 Å². The van der Waals surface area contributed by atoms with Crippen LogP contribution in [0.2, 0.25) is 5.15 Å². The molecule has 0 radical (unpaired) electrons. The van der Waals surface area contributed by atoms with Crippen LogP contribution in [-0.4, -0.2) is 35.8 Å². The number of hydrogen-bond acceptors (Lipinski definition) is 4. The molecule has 20 heavy (non-hydrogen) atoms. The van der Waals surface area contributed by atoms with E-state index in [1.807, 2.05) is 6.92 Å². The molecule has 0 amide bonds. The van der Waals surface area contributed by atoms with E-state index in [1.165, 1.54) is 12.8 Å². The van der Waals surface area contributed by atoms with Crippen molar-refractivity contribution in [2.75, 3.05) is 24.6 Å². The van der Waals surface area contributed by atoms with E-state index in [9.17, 15) is 0 Å². The lowest BCUT2D eigenvalue weighted by Crippen LogP contribution is -2.40. The van der Waals surface area contributed by atoms with Crippen LogP contribution in [0.15, 0.2) is 0 Å². The number of aromatic nitrogens is 2. The first kappa shape index (κ1) is 14.1. The normalized spacial score (nSPS) is 23.1. The fourth-order valence-corrected chi connectivity index (χ4v) is 3.00. The summed E-state index contributed by atoms with van der Waals surface area (Å²) in [5.41, 5.74) is 0.994. The van der Waals surface area contributed by atoms with Gasteiger partial charge in [0.25, 0.3) is 0 Å². The van der Waals surface area contributed by atoms with Gasteiger partial charge >= 0.3 is 0 Å². The fraction of sp³-hybridized carbons (Fsp3) is 0.733. The van der Waals surface area contributed by atoms with Crippen molar-refractivity contribution >= 4 is 17.4 Å². The molecule has 1 aliphatic heterocycles. The fourth-order valence-electron chi connectivity index (χ4n) is 2.83. The highest BCUT2D eigenvalue weighted by Crippen LogP contribution is 2.40. The molecular weight excluding hydrogens is 274 g/mol. The van der Waals surface area contributed by atoms with Crippen molar-refractivity contribution in [1.29, 1.82) is 0 Å². The number of piperidine rings is 1. The Balaban J connectivity index is 1.84. The first-order valence-electron chi connectivity index (χ1n) is 7.59. The highest BCUT2D eigenvalue weighted by molar-refractivity contribution is 6.30. The summed E-state index contributed by atoms with van der Waals surface area (Å²) in [6.07, 6.45) is 4.98. The topological polar surface area (TPSA) is 38.2 Å². The maximum atomic E-state index is 6.30. The number of anilines is 1. The van der Waals surface area contributed by atoms with Gasteiger partial charge in [-0.05, 0) is 39.5 Å². The summed E-state index contributed by atoms with van der Waals surface area (Å²) in [4.78, 5) is 11.5. The molecule has 1 aliphatic carbocycles. The van der Waals surface area contributed by atoms with Crippen LogP contribution in [0.1, 0.15) is 49.9 Å². The molecule has 5 heteroatoms. The van der Waals surface area contributed by atoms with E-state index in [4.69, 9.17) is 21.3 Å². The lowest BCUT2D eigenvalue weighted by Gasteiger charge is -2.34. The third-order valence-electron chi connectivity index (χ3n) is 4.10. The quantitative estimate of drug-likeness (QED) is 0.799. The molecule has 2 fully saturated rings. The highest BCUT2D eigenvalue weighted by Gasteiger charge is 2.30. The number of ether oxygens (including phenoxy) is 1. The van der Waals surface area contributed by atoms with Crippen molar-refractivity contribution in [3.8, 4) is 0 Å². The van der Waals surface area contributed by atoms with Gasteiger partial charge in [0, 0.05) is 31.2 Å². The van der Waals surface area contributed by atoms with Gasteiger partial charge in [0.2, 0.25) is 0 Å². The van der Waals surface area contributed by atoms with Crippen LogP contribution in [0, 0.1) is 6.92 Å². The van der Waals surface area contributed by atoms with E-state index in [1.54, 1.807) is 0 Å². The van der Waals surface area contributed by atoms with E-state index < -0.39 is 0 Å². The summed E-state index contributed by atoms with van der Waals surface area (Å²) < 4.78 is 5.78. The minimum atomic E-state index is 0.311. The van der Waals surface area contributed by atoms with Crippen LogP contribution < -0.4 is 4.90 Å². The summed E-state index contributed by atoms with van der Waals surface area (Å²) >= 11 is 6.30. The standard InChI is InChI=1S/C15H22ClN3O/c1-3-20-12-5-4-8-19(9-12)15-10(2)13(16)17-14(18-15)11-6-7-11/h11-12H,3-9H2,1-2H3. The Labute approximate surface area is 125 Å². The first-order chi connectivity index (χ1) is 9.69. The van der Waals surface area contributed by atoms with Crippen LogP contribution in [0.25, 0.3) is 0 Å². The van der Waals surface area contributed by atoms with E-state index in [0.29, 0.717) is 17.2 Å². The Hall–Kier alpha value is -0.870. The summed E-state index contributed by atoms with van der Waals surface area (Å²) in [6.45, 7) is 6.78. The Kier molecular flexibility index (Phi) is 4.13. The molecule has 1 aromatic rings. The summed E-state index contributed by atoms with van der Waals surface area (Å²) in [5.74, 6) is 2.46. The second kappa shape index (κ2) is 5.86. The van der Waals surface area contributed by atoms with Gasteiger partial charge in [-0.2, -0.15) is 0 Å². The molecule has 2 aliphatic rings. The average molecular weight is 296 g/mol. The first-order valence-corrected chi connectivity index (χ1v) is 7.97. The smallest absolute Gasteiger partial charge is 0.137 e. The van der Waals surface area contributed by atoms with Gasteiger partial charge in [-0.25, -0.2) is 9.97 Å².